The normalized spacial score (nSPS) is 14.7. The second kappa shape index (κ2) is 11.9. The Labute approximate surface area is 201 Å². The molecule has 1 heterocycles. The first-order valence-corrected chi connectivity index (χ1v) is 12.3. The number of rotatable bonds is 5. The lowest BCUT2D eigenvalue weighted by Gasteiger charge is -2.28. The van der Waals surface area contributed by atoms with Crippen LogP contribution in [-0.4, -0.2) is 49.8 Å². The van der Waals surface area contributed by atoms with E-state index in [0.717, 1.165) is 44.3 Å². The summed E-state index contributed by atoms with van der Waals surface area (Å²) in [5.41, 5.74) is 1.84. The van der Waals surface area contributed by atoms with E-state index in [1.807, 2.05) is 13.0 Å². The molecule has 0 aromatic heterocycles. The molecule has 0 atom stereocenters. The van der Waals surface area contributed by atoms with Gasteiger partial charge in [-0.05, 0) is 55.7 Å². The summed E-state index contributed by atoms with van der Waals surface area (Å²) in [5.74, 6) is -3.82. The minimum absolute atomic E-state index is 0.116. The summed E-state index contributed by atoms with van der Waals surface area (Å²) in [6.07, 6.45) is 0.488. The molecule has 0 amide bonds. The van der Waals surface area contributed by atoms with Gasteiger partial charge in [0.05, 0.1) is 16.1 Å². The topological polar surface area (TPSA) is 124 Å². The van der Waals surface area contributed by atoms with Crippen LogP contribution >= 0.6 is 0 Å². The van der Waals surface area contributed by atoms with Crippen LogP contribution in [0.5, 0.6) is 0 Å². The van der Waals surface area contributed by atoms with E-state index in [-0.39, 0.29) is 16.1 Å². The average Bonchev–Trinajstić information content (AvgIpc) is 2.73. The standard InChI is InChI=1S/C21H26N2O4S.C2HF3O2/c1-16-8-7-9-18(14-16)28(26,27)22-17-10-11-20(19(15-17)21(24)25)23-12-5-3-2-4-6-13-23;3-2(4,5)1(6)7/h7-11,14-15,22H,2-6,12-13H2,1H3,(H,24,25);(H,6,7). The maximum absolute atomic E-state index is 12.6. The van der Waals surface area contributed by atoms with Crippen LogP contribution in [0.15, 0.2) is 47.4 Å². The Kier molecular flexibility index (Phi) is 9.52. The van der Waals surface area contributed by atoms with E-state index in [2.05, 4.69) is 9.62 Å². The summed E-state index contributed by atoms with van der Waals surface area (Å²) in [6, 6.07) is 11.3. The van der Waals surface area contributed by atoms with E-state index in [0.29, 0.717) is 5.69 Å². The van der Waals surface area contributed by atoms with Crippen LogP contribution in [-0.2, 0) is 14.8 Å². The van der Waals surface area contributed by atoms with Gasteiger partial charge in [0.1, 0.15) is 0 Å². The molecule has 0 aliphatic carbocycles. The van der Waals surface area contributed by atoms with Gasteiger partial charge in [-0.25, -0.2) is 18.0 Å². The summed E-state index contributed by atoms with van der Waals surface area (Å²) >= 11 is 0. The Balaban J connectivity index is 0.000000540. The van der Waals surface area contributed by atoms with Crippen molar-refractivity contribution in [2.24, 2.45) is 0 Å². The molecule has 0 saturated carbocycles. The first-order valence-electron chi connectivity index (χ1n) is 10.8. The number of nitrogens with zero attached hydrogens (tertiary/aromatic N) is 1. The zero-order chi connectivity index (χ0) is 26.2. The van der Waals surface area contributed by atoms with Crippen molar-refractivity contribution in [1.82, 2.24) is 0 Å². The quantitative estimate of drug-likeness (QED) is 0.516. The fraction of sp³-hybridized carbons (Fsp3) is 0.391. The smallest absolute Gasteiger partial charge is 0.478 e. The second-order valence-corrected chi connectivity index (χ2v) is 9.70. The number of alkyl halides is 3. The highest BCUT2D eigenvalue weighted by atomic mass is 32.2. The molecule has 3 rings (SSSR count). The molecule has 0 unspecified atom stereocenters. The van der Waals surface area contributed by atoms with Crippen LogP contribution in [0.3, 0.4) is 0 Å². The van der Waals surface area contributed by atoms with Gasteiger partial charge < -0.3 is 15.1 Å². The van der Waals surface area contributed by atoms with Crippen LogP contribution in [0.2, 0.25) is 0 Å². The van der Waals surface area contributed by atoms with E-state index in [4.69, 9.17) is 9.90 Å². The Morgan fingerprint density at radius 1 is 0.943 bits per heavy atom. The Morgan fingerprint density at radius 3 is 2.03 bits per heavy atom. The van der Waals surface area contributed by atoms with E-state index < -0.39 is 28.1 Å². The van der Waals surface area contributed by atoms with Crippen LogP contribution in [0.4, 0.5) is 24.5 Å². The zero-order valence-corrected chi connectivity index (χ0v) is 19.8. The van der Waals surface area contributed by atoms with Gasteiger partial charge in [-0.1, -0.05) is 31.4 Å². The van der Waals surface area contributed by atoms with Gasteiger partial charge in [-0.3, -0.25) is 4.72 Å². The molecule has 1 aliphatic heterocycles. The van der Waals surface area contributed by atoms with Crippen LogP contribution in [0.1, 0.15) is 48.0 Å². The molecule has 0 bridgehead atoms. The third-order valence-electron chi connectivity index (χ3n) is 5.22. The molecule has 2 aromatic rings. The van der Waals surface area contributed by atoms with Crippen LogP contribution < -0.4 is 9.62 Å². The molecule has 8 nitrogen and oxygen atoms in total. The van der Waals surface area contributed by atoms with Crippen molar-refractivity contribution in [2.75, 3.05) is 22.7 Å². The number of carbonyl (C=O) groups is 2. The first-order chi connectivity index (χ1) is 16.3. The average molecular weight is 517 g/mol. The van der Waals surface area contributed by atoms with Crippen molar-refractivity contribution < 1.29 is 41.4 Å². The molecule has 3 N–H and O–H groups in total. The highest BCUT2D eigenvalue weighted by molar-refractivity contribution is 7.92. The van der Waals surface area contributed by atoms with Gasteiger partial charge >= 0.3 is 18.1 Å². The lowest BCUT2D eigenvalue weighted by molar-refractivity contribution is -0.192. The molecule has 1 aliphatic rings. The second-order valence-electron chi connectivity index (χ2n) is 8.02. The van der Waals surface area contributed by atoms with Crippen molar-refractivity contribution in [3.8, 4) is 0 Å². The fourth-order valence-corrected chi connectivity index (χ4v) is 4.69. The van der Waals surface area contributed by atoms with Gasteiger partial charge in [-0.15, -0.1) is 0 Å². The number of hydrogen-bond acceptors (Lipinski definition) is 5. The predicted octanol–water partition coefficient (Wildman–Crippen LogP) is 4.90. The number of hydrogen-bond donors (Lipinski definition) is 3. The Hall–Kier alpha value is -3.28. The SMILES string of the molecule is Cc1cccc(S(=O)(=O)Nc2ccc(N3CCCCCCC3)c(C(=O)O)c2)c1.O=C(O)C(F)(F)F. The molecule has 2 aromatic carbocycles. The lowest BCUT2D eigenvalue weighted by Crippen LogP contribution is -2.28. The van der Waals surface area contributed by atoms with Crippen molar-refractivity contribution in [3.05, 3.63) is 53.6 Å². The number of benzene rings is 2. The highest BCUT2D eigenvalue weighted by Crippen LogP contribution is 2.28. The largest absolute Gasteiger partial charge is 0.490 e. The number of halogens is 3. The van der Waals surface area contributed by atoms with Gasteiger partial charge in [0.2, 0.25) is 0 Å². The van der Waals surface area contributed by atoms with Gasteiger partial charge in [0, 0.05) is 18.8 Å². The number of carboxylic acid groups (broad SMARTS) is 2. The molecule has 1 fully saturated rings. The van der Waals surface area contributed by atoms with Gasteiger partial charge in [0.25, 0.3) is 10.0 Å². The number of aromatic carboxylic acids is 1. The molecule has 0 radical (unpaired) electrons. The van der Waals surface area contributed by atoms with Gasteiger partial charge in [0.15, 0.2) is 0 Å². The Bertz CT molecular complexity index is 1140. The minimum atomic E-state index is -5.08. The highest BCUT2D eigenvalue weighted by Gasteiger charge is 2.38. The molecule has 35 heavy (non-hydrogen) atoms. The molecule has 12 heteroatoms. The molecule has 0 spiro atoms. The minimum Gasteiger partial charge on any atom is -0.478 e. The summed E-state index contributed by atoms with van der Waals surface area (Å²) in [5, 5.41) is 16.8. The van der Waals surface area contributed by atoms with E-state index in [1.165, 1.54) is 18.6 Å². The third-order valence-corrected chi connectivity index (χ3v) is 6.60. The first kappa shape index (κ1) is 28.0. The predicted molar refractivity (Wildman–Crippen MR) is 124 cm³/mol. The molecule has 192 valence electrons. The number of aryl methyl sites for hydroxylation is 1. The molecular formula is C23H27F3N2O6S. The van der Waals surface area contributed by atoms with Crippen molar-refractivity contribution in [3.63, 3.8) is 0 Å². The fourth-order valence-electron chi connectivity index (χ4n) is 3.53. The monoisotopic (exact) mass is 516 g/mol. The summed E-state index contributed by atoms with van der Waals surface area (Å²) in [7, 11) is -3.78. The summed E-state index contributed by atoms with van der Waals surface area (Å²) in [6.45, 7) is 3.45. The van der Waals surface area contributed by atoms with Crippen molar-refractivity contribution in [1.29, 1.82) is 0 Å². The summed E-state index contributed by atoms with van der Waals surface area (Å²) < 4.78 is 59.5. The van der Waals surface area contributed by atoms with Crippen molar-refractivity contribution in [2.45, 2.75) is 50.1 Å². The van der Waals surface area contributed by atoms with Crippen molar-refractivity contribution >= 4 is 33.3 Å². The van der Waals surface area contributed by atoms with E-state index in [1.54, 1.807) is 24.3 Å². The van der Waals surface area contributed by atoms with Crippen LogP contribution in [0.25, 0.3) is 0 Å². The number of anilines is 2. The molecule has 1 saturated heterocycles. The van der Waals surface area contributed by atoms with Gasteiger partial charge in [-0.2, -0.15) is 13.2 Å². The number of carboxylic acids is 2. The number of sulfonamides is 1. The van der Waals surface area contributed by atoms with E-state index >= 15 is 0 Å². The zero-order valence-electron chi connectivity index (χ0n) is 19.0. The third kappa shape index (κ3) is 8.46. The number of nitrogens with one attached hydrogen (secondary N) is 1. The summed E-state index contributed by atoms with van der Waals surface area (Å²) in [4.78, 5) is 23.0. The van der Waals surface area contributed by atoms with Crippen LogP contribution in [0, 0.1) is 6.92 Å². The molecular weight excluding hydrogens is 489 g/mol. The number of aliphatic carboxylic acids is 1. The maximum atomic E-state index is 12.6. The Morgan fingerprint density at radius 2 is 1.51 bits per heavy atom. The maximum Gasteiger partial charge on any atom is 0.490 e. The van der Waals surface area contributed by atoms with E-state index in [9.17, 15) is 31.5 Å². The lowest BCUT2D eigenvalue weighted by atomic mass is 10.1.